The van der Waals surface area contributed by atoms with Gasteiger partial charge in [0.25, 0.3) is 15.9 Å². The Bertz CT molecular complexity index is 1540. The Morgan fingerprint density at radius 1 is 0.974 bits per heavy atom. The maximum absolute atomic E-state index is 13.1. The van der Waals surface area contributed by atoms with Gasteiger partial charge in [-0.15, -0.1) is 11.8 Å². The number of hydrogen-bond donors (Lipinski definition) is 2. The molecule has 8 nitrogen and oxygen atoms in total. The maximum Gasteiger partial charge on any atom is 0.261 e. The van der Waals surface area contributed by atoms with E-state index in [0.717, 1.165) is 17.7 Å². The third-order valence-electron chi connectivity index (χ3n) is 5.85. The summed E-state index contributed by atoms with van der Waals surface area (Å²) in [5, 5.41) is 2.57. The molecule has 0 aliphatic carbocycles. The molecular formula is C27H22FN3O5S2. The summed E-state index contributed by atoms with van der Waals surface area (Å²) >= 11 is 1.52. The second kappa shape index (κ2) is 10.7. The highest BCUT2D eigenvalue weighted by Gasteiger charge is 2.33. The number of amides is 2. The number of nitrogens with zero attached hydrogens (tertiary/aromatic N) is 1. The van der Waals surface area contributed by atoms with Crippen molar-refractivity contribution in [3.8, 4) is 0 Å². The van der Waals surface area contributed by atoms with Crippen molar-refractivity contribution in [1.29, 1.82) is 0 Å². The number of thioether (sulfide) groups is 1. The van der Waals surface area contributed by atoms with Gasteiger partial charge in [-0.25, -0.2) is 12.8 Å². The second-order valence-electron chi connectivity index (χ2n) is 8.48. The van der Waals surface area contributed by atoms with Gasteiger partial charge in [-0.1, -0.05) is 12.1 Å². The molecule has 1 aliphatic heterocycles. The van der Waals surface area contributed by atoms with Crippen LogP contribution in [-0.4, -0.2) is 30.9 Å². The number of sulfonamides is 1. The molecule has 194 valence electrons. The van der Waals surface area contributed by atoms with Crippen molar-refractivity contribution in [2.24, 2.45) is 0 Å². The van der Waals surface area contributed by atoms with Crippen LogP contribution in [0.4, 0.5) is 15.8 Å². The quantitative estimate of drug-likeness (QED) is 0.310. The average molecular weight is 552 g/mol. The Kier molecular flexibility index (Phi) is 7.21. The first-order chi connectivity index (χ1) is 18.3. The van der Waals surface area contributed by atoms with Gasteiger partial charge in [0, 0.05) is 16.9 Å². The number of rotatable bonds is 8. The fourth-order valence-electron chi connectivity index (χ4n) is 3.92. The lowest BCUT2D eigenvalue weighted by molar-refractivity contribution is -0.128. The summed E-state index contributed by atoms with van der Waals surface area (Å²) < 4.78 is 46.0. The van der Waals surface area contributed by atoms with E-state index in [-0.39, 0.29) is 27.8 Å². The molecule has 4 aromatic rings. The zero-order valence-corrected chi connectivity index (χ0v) is 21.5. The number of benzene rings is 3. The largest absolute Gasteiger partial charge is 0.467 e. The van der Waals surface area contributed by atoms with Gasteiger partial charge in [-0.2, -0.15) is 0 Å². The first kappa shape index (κ1) is 25.6. The van der Waals surface area contributed by atoms with Crippen molar-refractivity contribution >= 4 is 45.0 Å². The molecule has 1 aliphatic rings. The maximum atomic E-state index is 13.1. The van der Waals surface area contributed by atoms with Crippen LogP contribution in [-0.2, 0) is 21.4 Å². The SMILES string of the molecule is O=C(Nc1ccc(S(=O)(=O)Nc2ccc(F)cc2)cc1)c1ccc([C@H]2SCC(=O)N2Cc2ccco2)cc1. The molecule has 1 saturated heterocycles. The van der Waals surface area contributed by atoms with Gasteiger partial charge in [-0.3, -0.25) is 14.3 Å². The monoisotopic (exact) mass is 551 g/mol. The molecule has 0 bridgehead atoms. The summed E-state index contributed by atoms with van der Waals surface area (Å²) in [6, 6.07) is 21.3. The normalized spacial score (nSPS) is 15.4. The molecule has 1 fully saturated rings. The van der Waals surface area contributed by atoms with E-state index >= 15 is 0 Å². The van der Waals surface area contributed by atoms with Gasteiger partial charge < -0.3 is 14.6 Å². The Morgan fingerprint density at radius 3 is 2.32 bits per heavy atom. The fourth-order valence-corrected chi connectivity index (χ4v) is 6.17. The second-order valence-corrected chi connectivity index (χ2v) is 11.2. The van der Waals surface area contributed by atoms with E-state index in [1.807, 2.05) is 18.2 Å². The third kappa shape index (κ3) is 5.74. The Labute approximate surface area is 222 Å². The number of carbonyl (C=O) groups is 2. The van der Waals surface area contributed by atoms with Crippen LogP contribution < -0.4 is 10.0 Å². The standard InChI is InChI=1S/C27H22FN3O5S2/c28-20-7-9-22(10-8-20)30-38(34,35)24-13-11-21(12-14-24)29-26(33)18-3-5-19(6-4-18)27-31(25(32)17-37-27)16-23-2-1-15-36-23/h1-15,27,30H,16-17H2,(H,29,33)/t27-/m1/s1. The van der Waals surface area contributed by atoms with Crippen molar-refractivity contribution in [3.63, 3.8) is 0 Å². The number of nitrogens with one attached hydrogen (secondary N) is 2. The lowest BCUT2D eigenvalue weighted by Gasteiger charge is -2.23. The predicted molar refractivity (Wildman–Crippen MR) is 143 cm³/mol. The van der Waals surface area contributed by atoms with E-state index in [4.69, 9.17) is 4.42 Å². The molecule has 5 rings (SSSR count). The first-order valence-corrected chi connectivity index (χ1v) is 14.0. The summed E-state index contributed by atoms with van der Waals surface area (Å²) in [5.41, 5.74) is 1.96. The summed E-state index contributed by atoms with van der Waals surface area (Å²) in [6.07, 6.45) is 1.57. The molecule has 2 heterocycles. The van der Waals surface area contributed by atoms with Crippen LogP contribution in [0, 0.1) is 5.82 Å². The van der Waals surface area contributed by atoms with Crippen LogP contribution >= 0.6 is 11.8 Å². The van der Waals surface area contributed by atoms with Crippen LogP contribution in [0.25, 0.3) is 0 Å². The van der Waals surface area contributed by atoms with Gasteiger partial charge >= 0.3 is 0 Å². The number of anilines is 2. The summed E-state index contributed by atoms with van der Waals surface area (Å²) in [7, 11) is -3.88. The highest BCUT2D eigenvalue weighted by atomic mass is 32.2. The highest BCUT2D eigenvalue weighted by Crippen LogP contribution is 2.39. The molecule has 1 aromatic heterocycles. The topological polar surface area (TPSA) is 109 Å². The van der Waals surface area contributed by atoms with Crippen LogP contribution in [0.2, 0.25) is 0 Å². The molecule has 0 saturated carbocycles. The zero-order chi connectivity index (χ0) is 26.7. The number of halogens is 1. The summed E-state index contributed by atoms with van der Waals surface area (Å²) in [5.74, 6) is 0.267. The minimum atomic E-state index is -3.88. The molecule has 38 heavy (non-hydrogen) atoms. The first-order valence-electron chi connectivity index (χ1n) is 11.5. The van der Waals surface area contributed by atoms with E-state index in [1.165, 1.54) is 48.2 Å². The smallest absolute Gasteiger partial charge is 0.261 e. The number of hydrogen-bond acceptors (Lipinski definition) is 6. The molecule has 2 amide bonds. The van der Waals surface area contributed by atoms with Crippen LogP contribution in [0.5, 0.6) is 0 Å². The number of furan rings is 1. The van der Waals surface area contributed by atoms with E-state index in [0.29, 0.717) is 29.3 Å². The fraction of sp³-hybridized carbons (Fsp3) is 0.111. The van der Waals surface area contributed by atoms with E-state index < -0.39 is 15.8 Å². The molecule has 0 spiro atoms. The number of carbonyl (C=O) groups excluding carboxylic acids is 2. The molecule has 0 radical (unpaired) electrons. The van der Waals surface area contributed by atoms with Gasteiger partial charge in [-0.05, 0) is 78.4 Å². The molecule has 1 atom stereocenters. The molecular weight excluding hydrogens is 529 g/mol. The van der Waals surface area contributed by atoms with Gasteiger partial charge in [0.05, 0.1) is 23.5 Å². The molecule has 11 heteroatoms. The van der Waals surface area contributed by atoms with Crippen molar-refractivity contribution in [2.45, 2.75) is 16.8 Å². The minimum absolute atomic E-state index is 0.00751. The van der Waals surface area contributed by atoms with E-state index in [1.54, 1.807) is 29.4 Å². The van der Waals surface area contributed by atoms with Gasteiger partial charge in [0.1, 0.15) is 17.0 Å². The molecule has 2 N–H and O–H groups in total. The highest BCUT2D eigenvalue weighted by molar-refractivity contribution is 8.00. The van der Waals surface area contributed by atoms with Crippen LogP contribution in [0.1, 0.15) is 27.1 Å². The van der Waals surface area contributed by atoms with E-state index in [2.05, 4.69) is 10.0 Å². The van der Waals surface area contributed by atoms with Crippen molar-refractivity contribution in [1.82, 2.24) is 4.90 Å². The summed E-state index contributed by atoms with van der Waals surface area (Å²) in [4.78, 5) is 26.9. The Morgan fingerprint density at radius 2 is 1.66 bits per heavy atom. The van der Waals surface area contributed by atoms with Gasteiger partial charge in [0.2, 0.25) is 5.91 Å². The van der Waals surface area contributed by atoms with Crippen molar-refractivity contribution in [3.05, 3.63) is 114 Å². The van der Waals surface area contributed by atoms with E-state index in [9.17, 15) is 22.4 Å². The van der Waals surface area contributed by atoms with Crippen molar-refractivity contribution < 1.29 is 26.8 Å². The Balaban J connectivity index is 1.22. The molecule has 0 unspecified atom stereocenters. The zero-order valence-electron chi connectivity index (χ0n) is 19.8. The van der Waals surface area contributed by atoms with Crippen molar-refractivity contribution in [2.75, 3.05) is 15.8 Å². The molecule has 3 aromatic carbocycles. The van der Waals surface area contributed by atoms with Crippen LogP contribution in [0.3, 0.4) is 0 Å². The third-order valence-corrected chi connectivity index (χ3v) is 8.50. The summed E-state index contributed by atoms with van der Waals surface area (Å²) in [6.45, 7) is 0.372. The predicted octanol–water partition coefficient (Wildman–Crippen LogP) is 5.25. The lowest BCUT2D eigenvalue weighted by atomic mass is 10.1. The van der Waals surface area contributed by atoms with Crippen LogP contribution in [0.15, 0.2) is 101 Å². The van der Waals surface area contributed by atoms with Gasteiger partial charge in [0.15, 0.2) is 0 Å². The Hall–Kier alpha value is -4.09. The lowest BCUT2D eigenvalue weighted by Crippen LogP contribution is -2.27. The minimum Gasteiger partial charge on any atom is -0.467 e. The average Bonchev–Trinajstić information content (AvgIpc) is 3.56.